The first kappa shape index (κ1) is 14.6. The SMILES string of the molecule is Cc1ccc(SCC(=O)NC2C3CC4CC(C3)CC2C4)cc1. The fourth-order valence-corrected chi connectivity index (χ4v) is 5.88. The Balaban J connectivity index is 1.31. The second-order valence-electron chi connectivity index (χ2n) is 7.63. The molecule has 0 radical (unpaired) electrons. The number of benzene rings is 1. The molecular formula is C19H25NOS. The molecule has 0 heterocycles. The maximum atomic E-state index is 12.3. The zero-order chi connectivity index (χ0) is 15.1. The highest BCUT2D eigenvalue weighted by atomic mass is 32.2. The molecule has 1 N–H and O–H groups in total. The Morgan fingerprint density at radius 1 is 1.05 bits per heavy atom. The van der Waals surface area contributed by atoms with E-state index in [4.69, 9.17) is 0 Å². The fraction of sp³-hybridized carbons (Fsp3) is 0.632. The molecule has 0 atom stereocenters. The van der Waals surface area contributed by atoms with E-state index in [9.17, 15) is 4.79 Å². The maximum Gasteiger partial charge on any atom is 0.230 e. The van der Waals surface area contributed by atoms with Gasteiger partial charge in [0.2, 0.25) is 5.91 Å². The second-order valence-corrected chi connectivity index (χ2v) is 8.67. The molecule has 2 nitrogen and oxygen atoms in total. The normalized spacial score (nSPS) is 35.6. The van der Waals surface area contributed by atoms with Gasteiger partial charge in [-0.2, -0.15) is 0 Å². The minimum atomic E-state index is 0.225. The predicted octanol–water partition coefficient (Wildman–Crippen LogP) is 4.03. The van der Waals surface area contributed by atoms with Gasteiger partial charge in [0.1, 0.15) is 0 Å². The van der Waals surface area contributed by atoms with Gasteiger partial charge in [-0.25, -0.2) is 0 Å². The van der Waals surface area contributed by atoms with E-state index in [-0.39, 0.29) is 5.91 Å². The van der Waals surface area contributed by atoms with Gasteiger partial charge in [-0.15, -0.1) is 11.8 Å². The Labute approximate surface area is 137 Å². The van der Waals surface area contributed by atoms with Crippen molar-refractivity contribution in [2.45, 2.75) is 50.0 Å². The molecule has 1 aromatic rings. The van der Waals surface area contributed by atoms with Crippen LogP contribution in [0.25, 0.3) is 0 Å². The minimum Gasteiger partial charge on any atom is -0.352 e. The number of amides is 1. The lowest BCUT2D eigenvalue weighted by Crippen LogP contribution is -2.56. The largest absolute Gasteiger partial charge is 0.352 e. The van der Waals surface area contributed by atoms with Crippen molar-refractivity contribution in [3.8, 4) is 0 Å². The van der Waals surface area contributed by atoms with Crippen LogP contribution in [-0.2, 0) is 4.79 Å². The molecule has 0 unspecified atom stereocenters. The molecule has 4 saturated carbocycles. The molecule has 4 fully saturated rings. The molecule has 5 rings (SSSR count). The third-order valence-electron chi connectivity index (χ3n) is 5.95. The zero-order valence-corrected chi connectivity index (χ0v) is 14.1. The highest BCUT2D eigenvalue weighted by molar-refractivity contribution is 8.00. The lowest BCUT2D eigenvalue weighted by atomic mass is 9.54. The summed E-state index contributed by atoms with van der Waals surface area (Å²) >= 11 is 1.65. The molecule has 0 aromatic heterocycles. The van der Waals surface area contributed by atoms with Crippen LogP contribution in [-0.4, -0.2) is 17.7 Å². The molecule has 1 aromatic carbocycles. The van der Waals surface area contributed by atoms with Crippen LogP contribution in [0.15, 0.2) is 29.2 Å². The molecule has 0 saturated heterocycles. The Morgan fingerprint density at radius 3 is 2.23 bits per heavy atom. The van der Waals surface area contributed by atoms with E-state index in [1.807, 2.05) is 0 Å². The van der Waals surface area contributed by atoms with Crippen LogP contribution in [0, 0.1) is 30.6 Å². The number of thioether (sulfide) groups is 1. The molecule has 0 spiro atoms. The van der Waals surface area contributed by atoms with Crippen molar-refractivity contribution in [1.82, 2.24) is 5.32 Å². The van der Waals surface area contributed by atoms with Crippen molar-refractivity contribution >= 4 is 17.7 Å². The van der Waals surface area contributed by atoms with Crippen molar-refractivity contribution in [3.05, 3.63) is 29.8 Å². The average molecular weight is 315 g/mol. The average Bonchev–Trinajstić information content (AvgIpc) is 2.50. The number of rotatable bonds is 4. The van der Waals surface area contributed by atoms with Crippen LogP contribution < -0.4 is 5.32 Å². The molecule has 0 aliphatic heterocycles. The Bertz CT molecular complexity index is 525. The second kappa shape index (κ2) is 5.92. The van der Waals surface area contributed by atoms with Gasteiger partial charge in [0.05, 0.1) is 5.75 Å². The third kappa shape index (κ3) is 2.92. The number of hydrogen-bond acceptors (Lipinski definition) is 2. The van der Waals surface area contributed by atoms with E-state index in [0.29, 0.717) is 11.8 Å². The standard InChI is InChI=1S/C19H25NOS/c1-12-2-4-17(5-3-12)22-11-18(21)20-19-15-7-13-6-14(9-15)10-16(19)8-13/h2-5,13-16,19H,6-11H2,1H3,(H,20,21). The molecule has 22 heavy (non-hydrogen) atoms. The molecule has 1 amide bonds. The van der Waals surface area contributed by atoms with Crippen molar-refractivity contribution in [2.24, 2.45) is 23.7 Å². The topological polar surface area (TPSA) is 29.1 Å². The quantitative estimate of drug-likeness (QED) is 0.850. The van der Waals surface area contributed by atoms with E-state index in [1.165, 1.54) is 42.6 Å². The number of aryl methyl sites for hydroxylation is 1. The smallest absolute Gasteiger partial charge is 0.230 e. The van der Waals surface area contributed by atoms with Gasteiger partial charge in [0.15, 0.2) is 0 Å². The van der Waals surface area contributed by atoms with Gasteiger partial charge in [-0.1, -0.05) is 17.7 Å². The van der Waals surface area contributed by atoms with Crippen LogP contribution in [0.1, 0.15) is 37.7 Å². The molecule has 118 valence electrons. The van der Waals surface area contributed by atoms with Crippen LogP contribution >= 0.6 is 11.8 Å². The number of carbonyl (C=O) groups is 1. The summed E-state index contributed by atoms with van der Waals surface area (Å²) < 4.78 is 0. The lowest BCUT2D eigenvalue weighted by Gasteiger charge is -2.54. The van der Waals surface area contributed by atoms with Crippen molar-refractivity contribution in [1.29, 1.82) is 0 Å². The Kier molecular flexibility index (Phi) is 3.93. The summed E-state index contributed by atoms with van der Waals surface area (Å²) in [6, 6.07) is 8.90. The van der Waals surface area contributed by atoms with E-state index in [0.717, 1.165) is 23.7 Å². The molecule has 3 heteroatoms. The summed E-state index contributed by atoms with van der Waals surface area (Å²) in [6.45, 7) is 2.09. The molecular weight excluding hydrogens is 290 g/mol. The first-order valence-corrected chi connectivity index (χ1v) is 9.65. The highest BCUT2D eigenvalue weighted by Gasteiger charge is 2.48. The summed E-state index contributed by atoms with van der Waals surface area (Å²) in [5.41, 5.74) is 1.27. The van der Waals surface area contributed by atoms with Gasteiger partial charge < -0.3 is 5.32 Å². The van der Waals surface area contributed by atoms with Gasteiger partial charge >= 0.3 is 0 Å². The summed E-state index contributed by atoms with van der Waals surface area (Å²) in [6.07, 6.45) is 6.93. The Hall–Kier alpha value is -0.960. The zero-order valence-electron chi connectivity index (χ0n) is 13.3. The highest BCUT2D eigenvalue weighted by Crippen LogP contribution is 2.53. The molecule has 4 aliphatic carbocycles. The number of carbonyl (C=O) groups excluding carboxylic acids is 1. The van der Waals surface area contributed by atoms with Crippen LogP contribution in [0.5, 0.6) is 0 Å². The maximum absolute atomic E-state index is 12.3. The third-order valence-corrected chi connectivity index (χ3v) is 6.96. The predicted molar refractivity (Wildman–Crippen MR) is 90.9 cm³/mol. The van der Waals surface area contributed by atoms with Gasteiger partial charge in [-0.3, -0.25) is 4.79 Å². The van der Waals surface area contributed by atoms with E-state index < -0.39 is 0 Å². The lowest BCUT2D eigenvalue weighted by molar-refractivity contribution is -0.122. The van der Waals surface area contributed by atoms with Gasteiger partial charge in [0, 0.05) is 10.9 Å². The van der Waals surface area contributed by atoms with Crippen LogP contribution in [0.3, 0.4) is 0 Å². The summed E-state index contributed by atoms with van der Waals surface area (Å²) in [5, 5.41) is 3.38. The number of hydrogen-bond donors (Lipinski definition) is 1. The van der Waals surface area contributed by atoms with Crippen LogP contribution in [0.2, 0.25) is 0 Å². The molecule has 4 bridgehead atoms. The van der Waals surface area contributed by atoms with Crippen molar-refractivity contribution in [3.63, 3.8) is 0 Å². The van der Waals surface area contributed by atoms with E-state index in [1.54, 1.807) is 11.8 Å². The van der Waals surface area contributed by atoms with Crippen molar-refractivity contribution < 1.29 is 4.79 Å². The summed E-state index contributed by atoms with van der Waals surface area (Å²) in [5.74, 6) is 4.25. The Morgan fingerprint density at radius 2 is 1.64 bits per heavy atom. The number of nitrogens with one attached hydrogen (secondary N) is 1. The van der Waals surface area contributed by atoms with Crippen molar-refractivity contribution in [2.75, 3.05) is 5.75 Å². The summed E-state index contributed by atoms with van der Waals surface area (Å²) in [4.78, 5) is 13.5. The monoisotopic (exact) mass is 315 g/mol. The fourth-order valence-electron chi connectivity index (χ4n) is 5.17. The molecule has 4 aliphatic rings. The first-order valence-electron chi connectivity index (χ1n) is 8.66. The van der Waals surface area contributed by atoms with Gasteiger partial charge in [-0.05, 0) is 74.8 Å². The first-order chi connectivity index (χ1) is 10.7. The van der Waals surface area contributed by atoms with Gasteiger partial charge in [0.25, 0.3) is 0 Å². The van der Waals surface area contributed by atoms with Crippen LogP contribution in [0.4, 0.5) is 0 Å². The van der Waals surface area contributed by atoms with E-state index >= 15 is 0 Å². The minimum absolute atomic E-state index is 0.225. The summed E-state index contributed by atoms with van der Waals surface area (Å²) in [7, 11) is 0. The van der Waals surface area contributed by atoms with E-state index in [2.05, 4.69) is 36.5 Å².